The second kappa shape index (κ2) is 10.1. The van der Waals surface area contributed by atoms with Gasteiger partial charge >= 0.3 is 0 Å². The zero-order valence-corrected chi connectivity index (χ0v) is 19.5. The number of likely N-dealkylation sites (tertiary alicyclic amines) is 1. The quantitative estimate of drug-likeness (QED) is 0.0923. The second-order valence-corrected chi connectivity index (χ2v) is 8.44. The van der Waals surface area contributed by atoms with E-state index in [4.69, 9.17) is 11.6 Å². The van der Waals surface area contributed by atoms with E-state index in [2.05, 4.69) is 58.2 Å². The number of hydroxylamine groups is 1. The number of fused-ring (bicyclic) bond motifs is 1. The van der Waals surface area contributed by atoms with Gasteiger partial charge in [0.2, 0.25) is 5.95 Å². The Labute approximate surface area is 197 Å². The van der Waals surface area contributed by atoms with Gasteiger partial charge in [-0.05, 0) is 43.7 Å². The SMILES string of the molecule is ONC(=Nc1ccc(F)c(Cl)c1)c1ccnc2nc(NC3CCCCN(CI)C3)[nH]c12. The molecule has 164 valence electrons. The van der Waals surface area contributed by atoms with Crippen LogP contribution in [0.5, 0.6) is 0 Å². The van der Waals surface area contributed by atoms with Crippen LogP contribution in [0.4, 0.5) is 16.0 Å². The van der Waals surface area contributed by atoms with E-state index in [9.17, 15) is 9.60 Å². The standard InChI is InChI=1S/C20H22ClFIN7O/c21-15-9-12(4-5-16(15)22)25-18(29-31)14-6-7-24-19-17(14)27-20(28-19)26-13-3-1-2-8-30(10-13)11-23/h4-7,9,13,31H,1-3,8,10-11H2,(H,25,29)(H2,24,26,27,28). The number of aliphatic imine (C=N–C) groups is 1. The fourth-order valence-corrected chi connectivity index (χ4v) is 4.44. The summed E-state index contributed by atoms with van der Waals surface area (Å²) in [6.07, 6.45) is 5.03. The molecule has 2 aromatic heterocycles. The van der Waals surface area contributed by atoms with Crippen LogP contribution in [0.3, 0.4) is 0 Å². The number of hydrogen-bond acceptors (Lipinski definition) is 6. The van der Waals surface area contributed by atoms with Gasteiger partial charge < -0.3 is 10.3 Å². The Balaban J connectivity index is 1.63. The molecule has 8 nitrogen and oxygen atoms in total. The number of aromatic nitrogens is 3. The molecule has 1 aromatic carbocycles. The van der Waals surface area contributed by atoms with Gasteiger partial charge in [-0.15, -0.1) is 0 Å². The Hall–Kier alpha value is -2.02. The van der Waals surface area contributed by atoms with Gasteiger partial charge in [-0.3, -0.25) is 15.6 Å². The summed E-state index contributed by atoms with van der Waals surface area (Å²) < 4.78 is 14.4. The van der Waals surface area contributed by atoms with Crippen LogP contribution in [0.2, 0.25) is 5.02 Å². The van der Waals surface area contributed by atoms with Gasteiger partial charge in [-0.2, -0.15) is 4.98 Å². The maximum absolute atomic E-state index is 13.4. The summed E-state index contributed by atoms with van der Waals surface area (Å²) in [5, 5.41) is 13.2. The van der Waals surface area contributed by atoms with Crippen LogP contribution in [-0.4, -0.2) is 54.6 Å². The third kappa shape index (κ3) is 5.25. The fraction of sp³-hybridized carbons (Fsp3) is 0.350. The maximum Gasteiger partial charge on any atom is 0.202 e. The molecule has 0 radical (unpaired) electrons. The molecule has 3 aromatic rings. The van der Waals surface area contributed by atoms with Gasteiger partial charge in [0.05, 0.1) is 20.8 Å². The van der Waals surface area contributed by atoms with Gasteiger partial charge in [0.15, 0.2) is 11.5 Å². The average molecular weight is 558 g/mol. The van der Waals surface area contributed by atoms with Crippen LogP contribution in [-0.2, 0) is 0 Å². The monoisotopic (exact) mass is 557 g/mol. The normalized spacial score (nSPS) is 18.2. The molecule has 31 heavy (non-hydrogen) atoms. The third-order valence-electron chi connectivity index (χ3n) is 5.16. The topological polar surface area (TPSA) is 101 Å². The Kier molecular flexibility index (Phi) is 7.20. The third-order valence-corrected chi connectivity index (χ3v) is 6.42. The van der Waals surface area contributed by atoms with Crippen molar-refractivity contribution in [1.82, 2.24) is 25.3 Å². The number of anilines is 1. The molecule has 0 bridgehead atoms. The number of nitrogens with one attached hydrogen (secondary N) is 3. The first kappa shape index (κ1) is 22.2. The molecule has 11 heteroatoms. The first-order valence-electron chi connectivity index (χ1n) is 9.91. The first-order chi connectivity index (χ1) is 15.1. The van der Waals surface area contributed by atoms with Gasteiger partial charge in [0.1, 0.15) is 5.82 Å². The van der Waals surface area contributed by atoms with Crippen molar-refractivity contribution in [1.29, 1.82) is 0 Å². The largest absolute Gasteiger partial charge is 0.352 e. The van der Waals surface area contributed by atoms with Gasteiger partial charge in [-0.25, -0.2) is 14.4 Å². The van der Waals surface area contributed by atoms with E-state index in [1.165, 1.54) is 31.0 Å². The molecule has 1 fully saturated rings. The maximum atomic E-state index is 13.4. The minimum Gasteiger partial charge on any atom is -0.352 e. The molecule has 1 unspecified atom stereocenters. The highest BCUT2D eigenvalue weighted by Crippen LogP contribution is 2.24. The number of pyridine rings is 1. The van der Waals surface area contributed by atoms with E-state index in [1.54, 1.807) is 12.3 Å². The molecule has 1 aliphatic rings. The number of nitrogens with zero attached hydrogens (tertiary/aromatic N) is 4. The van der Waals surface area contributed by atoms with Crippen molar-refractivity contribution >= 4 is 62.8 Å². The van der Waals surface area contributed by atoms with Gasteiger partial charge in [-0.1, -0.05) is 40.6 Å². The Morgan fingerprint density at radius 1 is 1.39 bits per heavy atom. The number of benzene rings is 1. The summed E-state index contributed by atoms with van der Waals surface area (Å²) in [5.41, 5.74) is 4.20. The van der Waals surface area contributed by atoms with E-state index in [-0.39, 0.29) is 16.9 Å². The molecular weight excluding hydrogens is 536 g/mol. The predicted molar refractivity (Wildman–Crippen MR) is 128 cm³/mol. The molecule has 1 aliphatic heterocycles. The number of imidazole rings is 1. The summed E-state index contributed by atoms with van der Waals surface area (Å²) in [6, 6.07) is 6.08. The first-order valence-corrected chi connectivity index (χ1v) is 11.8. The highest BCUT2D eigenvalue weighted by Gasteiger charge is 2.19. The molecule has 0 amide bonds. The van der Waals surface area contributed by atoms with Crippen LogP contribution in [0.25, 0.3) is 11.2 Å². The molecule has 3 heterocycles. The molecule has 1 atom stereocenters. The lowest BCUT2D eigenvalue weighted by Crippen LogP contribution is -2.34. The molecule has 4 N–H and O–H groups in total. The van der Waals surface area contributed by atoms with Crippen LogP contribution in [0, 0.1) is 5.82 Å². The highest BCUT2D eigenvalue weighted by atomic mass is 127. The minimum atomic E-state index is -0.533. The minimum absolute atomic E-state index is 0.0459. The lowest BCUT2D eigenvalue weighted by Gasteiger charge is -2.22. The van der Waals surface area contributed by atoms with E-state index < -0.39 is 5.82 Å². The van der Waals surface area contributed by atoms with Crippen molar-refractivity contribution < 1.29 is 9.60 Å². The average Bonchev–Trinajstić information content (AvgIpc) is 3.04. The van der Waals surface area contributed by atoms with Crippen molar-refractivity contribution in [2.45, 2.75) is 25.3 Å². The van der Waals surface area contributed by atoms with Crippen LogP contribution < -0.4 is 10.8 Å². The number of amidine groups is 1. The van der Waals surface area contributed by atoms with Gasteiger partial charge in [0.25, 0.3) is 0 Å². The molecular formula is C20H22ClFIN7O. The van der Waals surface area contributed by atoms with Crippen molar-refractivity contribution in [2.75, 3.05) is 23.0 Å². The zero-order chi connectivity index (χ0) is 21.8. The Morgan fingerprint density at radius 2 is 2.26 bits per heavy atom. The molecule has 0 saturated carbocycles. The van der Waals surface area contributed by atoms with Crippen molar-refractivity contribution in [3.8, 4) is 0 Å². The summed E-state index contributed by atoms with van der Waals surface area (Å²) in [7, 11) is 0. The number of hydrogen-bond donors (Lipinski definition) is 4. The van der Waals surface area contributed by atoms with Gasteiger partial charge in [0, 0.05) is 24.3 Å². The number of aromatic amines is 1. The molecule has 4 rings (SSSR count). The molecule has 1 saturated heterocycles. The van der Waals surface area contributed by atoms with Crippen LogP contribution >= 0.6 is 34.2 Å². The summed E-state index contributed by atoms with van der Waals surface area (Å²) in [4.78, 5) is 18.9. The Bertz CT molecular complexity index is 1090. The van der Waals surface area contributed by atoms with E-state index in [1.807, 2.05) is 0 Å². The van der Waals surface area contributed by atoms with Crippen molar-refractivity contribution in [3.63, 3.8) is 0 Å². The predicted octanol–water partition coefficient (Wildman–Crippen LogP) is 4.47. The van der Waals surface area contributed by atoms with Crippen molar-refractivity contribution in [2.24, 2.45) is 4.99 Å². The smallest absolute Gasteiger partial charge is 0.202 e. The molecule has 0 aliphatic carbocycles. The van der Waals surface area contributed by atoms with Crippen molar-refractivity contribution in [3.05, 3.63) is 46.9 Å². The molecule has 0 spiro atoms. The second-order valence-electron chi connectivity index (χ2n) is 7.35. The zero-order valence-electron chi connectivity index (χ0n) is 16.6. The van der Waals surface area contributed by atoms with Crippen LogP contribution in [0.15, 0.2) is 35.5 Å². The highest BCUT2D eigenvalue weighted by molar-refractivity contribution is 14.1. The summed E-state index contributed by atoms with van der Waals surface area (Å²) >= 11 is 8.24. The van der Waals surface area contributed by atoms with Crippen LogP contribution in [0.1, 0.15) is 24.8 Å². The Morgan fingerprint density at radius 3 is 3.03 bits per heavy atom. The number of H-pyrrole nitrogens is 1. The fourth-order valence-electron chi connectivity index (χ4n) is 3.65. The number of halogens is 3. The van der Waals surface area contributed by atoms with E-state index in [0.717, 1.165) is 24.1 Å². The van der Waals surface area contributed by atoms with E-state index >= 15 is 0 Å². The number of alkyl halides is 1. The van der Waals surface area contributed by atoms with E-state index in [0.29, 0.717) is 28.4 Å². The lowest BCUT2D eigenvalue weighted by molar-refractivity contribution is 0.235. The lowest BCUT2D eigenvalue weighted by atomic mass is 10.1. The summed E-state index contributed by atoms with van der Waals surface area (Å²) in [6.45, 7) is 2.07. The number of rotatable bonds is 5. The summed E-state index contributed by atoms with van der Waals surface area (Å²) in [5.74, 6) is 0.252.